The fraction of sp³-hybridized carbons (Fsp3) is 0.333. The molecule has 1 N–H and O–H groups in total. The molecule has 0 saturated heterocycles. The molecule has 0 spiro atoms. The van der Waals surface area contributed by atoms with E-state index in [0.29, 0.717) is 5.65 Å². The molecule has 0 aromatic carbocycles. The predicted octanol–water partition coefficient (Wildman–Crippen LogP) is 2.40. The number of aryl methyl sites for hydroxylation is 2. The van der Waals surface area contributed by atoms with Crippen molar-refractivity contribution < 1.29 is 4.79 Å². The second-order valence-electron chi connectivity index (χ2n) is 5.27. The first-order valence-electron chi connectivity index (χ1n) is 7.35. The molecule has 1 atom stereocenters. The van der Waals surface area contributed by atoms with E-state index in [0.717, 1.165) is 17.8 Å². The lowest BCUT2D eigenvalue weighted by Crippen LogP contribution is -2.27. The highest BCUT2D eigenvalue weighted by molar-refractivity contribution is 6.36. The van der Waals surface area contributed by atoms with Gasteiger partial charge in [-0.2, -0.15) is 10.2 Å². The van der Waals surface area contributed by atoms with Crippen molar-refractivity contribution in [1.29, 1.82) is 0 Å². The third kappa shape index (κ3) is 2.79. The summed E-state index contributed by atoms with van der Waals surface area (Å²) in [5, 5.41) is 11.7. The van der Waals surface area contributed by atoms with Crippen LogP contribution in [0.1, 0.15) is 41.6 Å². The largest absolute Gasteiger partial charge is 0.344 e. The van der Waals surface area contributed by atoms with Gasteiger partial charge in [-0.3, -0.25) is 9.48 Å². The Hall–Kier alpha value is -2.41. The Bertz CT molecular complexity index is 868. The van der Waals surface area contributed by atoms with Crippen molar-refractivity contribution in [1.82, 2.24) is 29.7 Å². The molecule has 0 bridgehead atoms. The Morgan fingerprint density at radius 3 is 2.87 bits per heavy atom. The minimum absolute atomic E-state index is 0.165. The van der Waals surface area contributed by atoms with E-state index in [4.69, 9.17) is 11.6 Å². The van der Waals surface area contributed by atoms with Gasteiger partial charge in [0.05, 0.1) is 11.7 Å². The summed E-state index contributed by atoms with van der Waals surface area (Å²) >= 11 is 6.22. The van der Waals surface area contributed by atoms with Gasteiger partial charge >= 0.3 is 0 Å². The van der Waals surface area contributed by atoms with Crippen molar-refractivity contribution in [2.75, 3.05) is 0 Å². The van der Waals surface area contributed by atoms with Gasteiger partial charge in [-0.25, -0.2) is 9.50 Å². The molecule has 3 aromatic heterocycles. The number of rotatable bonds is 4. The van der Waals surface area contributed by atoms with Crippen LogP contribution in [0.2, 0.25) is 5.02 Å². The number of fused-ring (bicyclic) bond motifs is 1. The van der Waals surface area contributed by atoms with Gasteiger partial charge in [0, 0.05) is 30.7 Å². The van der Waals surface area contributed by atoms with Crippen LogP contribution in [0.25, 0.3) is 5.65 Å². The zero-order valence-electron chi connectivity index (χ0n) is 13.1. The van der Waals surface area contributed by atoms with Crippen molar-refractivity contribution in [3.8, 4) is 0 Å². The van der Waals surface area contributed by atoms with Crippen LogP contribution in [0.3, 0.4) is 0 Å². The van der Waals surface area contributed by atoms with E-state index in [1.54, 1.807) is 18.5 Å². The molecule has 7 nitrogen and oxygen atoms in total. The van der Waals surface area contributed by atoms with Crippen LogP contribution in [-0.4, -0.2) is 30.3 Å². The second-order valence-corrected chi connectivity index (χ2v) is 5.65. The molecule has 0 unspecified atom stereocenters. The molecular weight excluding hydrogens is 316 g/mol. The summed E-state index contributed by atoms with van der Waals surface area (Å²) in [6.45, 7) is 6.63. The fourth-order valence-corrected chi connectivity index (χ4v) is 2.73. The third-order valence-corrected chi connectivity index (χ3v) is 4.02. The molecular formula is C15H17ClN6O. The number of halogens is 1. The Labute approximate surface area is 138 Å². The van der Waals surface area contributed by atoms with Gasteiger partial charge in [0.15, 0.2) is 11.3 Å². The average Bonchev–Trinajstić information content (AvgIpc) is 3.08. The van der Waals surface area contributed by atoms with Crippen LogP contribution in [0.15, 0.2) is 24.7 Å². The van der Waals surface area contributed by atoms with Crippen LogP contribution in [0.4, 0.5) is 0 Å². The summed E-state index contributed by atoms with van der Waals surface area (Å²) in [4.78, 5) is 16.6. The molecule has 0 radical (unpaired) electrons. The summed E-state index contributed by atoms with van der Waals surface area (Å²) < 4.78 is 3.33. The number of aromatic nitrogens is 5. The molecule has 3 rings (SSSR count). The van der Waals surface area contributed by atoms with Crippen molar-refractivity contribution in [3.63, 3.8) is 0 Å². The maximum atomic E-state index is 12.5. The monoisotopic (exact) mass is 332 g/mol. The number of nitrogens with zero attached hydrogens (tertiary/aromatic N) is 5. The summed E-state index contributed by atoms with van der Waals surface area (Å²) in [6, 6.07) is 1.53. The summed E-state index contributed by atoms with van der Waals surface area (Å²) in [5.74, 6) is -0.336. The zero-order valence-corrected chi connectivity index (χ0v) is 13.9. The second kappa shape index (κ2) is 6.00. The van der Waals surface area contributed by atoms with Gasteiger partial charge in [-0.05, 0) is 26.8 Å². The van der Waals surface area contributed by atoms with Gasteiger partial charge in [0.1, 0.15) is 5.02 Å². The number of nitrogens with one attached hydrogen (secondary N) is 1. The third-order valence-electron chi connectivity index (χ3n) is 3.68. The summed E-state index contributed by atoms with van der Waals surface area (Å²) in [7, 11) is 0. The van der Waals surface area contributed by atoms with Gasteiger partial charge in [0.2, 0.25) is 0 Å². The minimum Gasteiger partial charge on any atom is -0.344 e. The van der Waals surface area contributed by atoms with Gasteiger partial charge in [-0.1, -0.05) is 11.6 Å². The smallest absolute Gasteiger partial charge is 0.273 e. The molecule has 0 aliphatic carbocycles. The average molecular weight is 333 g/mol. The highest BCUT2D eigenvalue weighted by atomic mass is 35.5. The van der Waals surface area contributed by atoms with E-state index in [9.17, 15) is 4.79 Å². The first-order chi connectivity index (χ1) is 11.0. The number of carbonyl (C=O) groups excluding carboxylic acids is 1. The Morgan fingerprint density at radius 2 is 2.22 bits per heavy atom. The topological polar surface area (TPSA) is 77.1 Å². The summed E-state index contributed by atoms with van der Waals surface area (Å²) in [5.41, 5.74) is 2.49. The van der Waals surface area contributed by atoms with E-state index in [-0.39, 0.29) is 22.7 Å². The molecule has 0 aliphatic heterocycles. The number of hydrogen-bond acceptors (Lipinski definition) is 4. The van der Waals surface area contributed by atoms with Crippen LogP contribution in [0, 0.1) is 6.92 Å². The Kier molecular flexibility index (Phi) is 4.04. The van der Waals surface area contributed by atoms with Crippen LogP contribution in [0.5, 0.6) is 0 Å². The SMILES string of the molecule is CCn1cc([C@@H](C)NC(=O)c2nn3cccnc3c2Cl)c(C)n1. The number of amides is 1. The van der Waals surface area contributed by atoms with E-state index >= 15 is 0 Å². The van der Waals surface area contributed by atoms with Crippen LogP contribution in [-0.2, 0) is 6.54 Å². The van der Waals surface area contributed by atoms with Gasteiger partial charge < -0.3 is 5.32 Å². The maximum absolute atomic E-state index is 12.5. The van der Waals surface area contributed by atoms with E-state index in [1.807, 2.05) is 31.6 Å². The molecule has 0 aliphatic rings. The van der Waals surface area contributed by atoms with E-state index in [1.165, 1.54) is 4.52 Å². The number of hydrogen-bond donors (Lipinski definition) is 1. The quantitative estimate of drug-likeness (QED) is 0.795. The normalized spacial score (nSPS) is 12.5. The van der Waals surface area contributed by atoms with Gasteiger partial charge in [0.25, 0.3) is 5.91 Å². The molecule has 0 fully saturated rings. The van der Waals surface area contributed by atoms with E-state index in [2.05, 4.69) is 20.5 Å². The molecule has 3 heterocycles. The zero-order chi connectivity index (χ0) is 16.6. The number of carbonyl (C=O) groups is 1. The molecule has 1 amide bonds. The lowest BCUT2D eigenvalue weighted by Gasteiger charge is -2.12. The molecule has 0 saturated carbocycles. The maximum Gasteiger partial charge on any atom is 0.273 e. The van der Waals surface area contributed by atoms with Crippen molar-refractivity contribution in [2.24, 2.45) is 0 Å². The molecule has 3 aromatic rings. The molecule has 23 heavy (non-hydrogen) atoms. The Morgan fingerprint density at radius 1 is 1.43 bits per heavy atom. The fourth-order valence-electron chi connectivity index (χ4n) is 2.47. The van der Waals surface area contributed by atoms with Crippen molar-refractivity contribution in [2.45, 2.75) is 33.4 Å². The van der Waals surface area contributed by atoms with Gasteiger partial charge in [-0.15, -0.1) is 0 Å². The first kappa shape index (κ1) is 15.5. The molecule has 120 valence electrons. The highest BCUT2D eigenvalue weighted by Gasteiger charge is 2.22. The highest BCUT2D eigenvalue weighted by Crippen LogP contribution is 2.21. The van der Waals surface area contributed by atoms with Crippen LogP contribution < -0.4 is 5.32 Å². The lowest BCUT2D eigenvalue weighted by atomic mass is 10.1. The lowest BCUT2D eigenvalue weighted by molar-refractivity contribution is 0.0934. The minimum atomic E-state index is -0.336. The first-order valence-corrected chi connectivity index (χ1v) is 7.72. The predicted molar refractivity (Wildman–Crippen MR) is 86.5 cm³/mol. The standard InChI is InChI=1S/C15H17ClN6O/c1-4-21-8-11(10(3)19-21)9(2)18-15(23)13-12(16)14-17-6-5-7-22(14)20-13/h5-9H,4H2,1-3H3,(H,18,23)/t9-/m1/s1. The van der Waals surface area contributed by atoms with Crippen molar-refractivity contribution in [3.05, 3.63) is 46.6 Å². The molecule has 8 heteroatoms. The Balaban J connectivity index is 1.85. The summed E-state index contributed by atoms with van der Waals surface area (Å²) in [6.07, 6.45) is 5.24. The van der Waals surface area contributed by atoms with Crippen LogP contribution >= 0.6 is 11.6 Å². The van der Waals surface area contributed by atoms with Crippen molar-refractivity contribution >= 4 is 23.2 Å². The van der Waals surface area contributed by atoms with E-state index < -0.39 is 0 Å².